The molecule has 3 N–H and O–H groups in total. The highest BCUT2D eigenvalue weighted by atomic mass is 19.1. The van der Waals surface area contributed by atoms with Gasteiger partial charge in [-0.25, -0.2) is 4.39 Å². The van der Waals surface area contributed by atoms with E-state index in [4.69, 9.17) is 0 Å². The van der Waals surface area contributed by atoms with Gasteiger partial charge in [-0.1, -0.05) is 42.5 Å². The molecule has 0 aliphatic carbocycles. The first-order chi connectivity index (χ1) is 10.8. The van der Waals surface area contributed by atoms with Crippen molar-refractivity contribution >= 4 is 5.91 Å². The quantitative estimate of drug-likeness (QED) is 0.791. The van der Waals surface area contributed by atoms with Crippen LogP contribution in [0.15, 0.2) is 54.6 Å². The van der Waals surface area contributed by atoms with Crippen LogP contribution >= 0.6 is 0 Å². The highest BCUT2D eigenvalue weighted by Gasteiger charge is 2.32. The molecule has 5 heteroatoms. The lowest BCUT2D eigenvalue weighted by atomic mass is 9.96. The molecular weight excluding hydrogens is 297 g/mol. The third-order valence-corrected chi connectivity index (χ3v) is 3.54. The number of halogens is 1. The molecule has 0 saturated carbocycles. The molecule has 0 aromatic heterocycles. The molecule has 2 aromatic rings. The first-order valence-corrected chi connectivity index (χ1v) is 7.30. The van der Waals surface area contributed by atoms with Crippen LogP contribution in [-0.4, -0.2) is 27.8 Å². The van der Waals surface area contributed by atoms with Crippen molar-refractivity contribution in [2.75, 3.05) is 0 Å². The molecule has 0 spiro atoms. The monoisotopic (exact) mass is 317 g/mol. The molecule has 2 rings (SSSR count). The summed E-state index contributed by atoms with van der Waals surface area (Å²) in [5, 5.41) is 22.4. The summed E-state index contributed by atoms with van der Waals surface area (Å²) in [7, 11) is 0. The van der Waals surface area contributed by atoms with Crippen molar-refractivity contribution in [2.24, 2.45) is 0 Å². The van der Waals surface area contributed by atoms with E-state index in [1.165, 1.54) is 26.0 Å². The van der Waals surface area contributed by atoms with Gasteiger partial charge in [0.1, 0.15) is 5.82 Å². The fourth-order valence-electron chi connectivity index (χ4n) is 2.20. The van der Waals surface area contributed by atoms with E-state index < -0.39 is 23.7 Å². The molecule has 1 amide bonds. The van der Waals surface area contributed by atoms with Crippen LogP contribution in [0, 0.1) is 5.82 Å². The number of aliphatic hydroxyl groups is 2. The second-order valence-electron chi connectivity index (χ2n) is 5.96. The van der Waals surface area contributed by atoms with Gasteiger partial charge < -0.3 is 15.5 Å². The zero-order valence-corrected chi connectivity index (χ0v) is 13.0. The maximum Gasteiger partial charge on any atom is 0.252 e. The Morgan fingerprint density at radius 3 is 2.09 bits per heavy atom. The van der Waals surface area contributed by atoms with Crippen LogP contribution in [0.5, 0.6) is 0 Å². The summed E-state index contributed by atoms with van der Waals surface area (Å²) < 4.78 is 13.1. The first kappa shape index (κ1) is 17.1. The average molecular weight is 317 g/mol. The van der Waals surface area contributed by atoms with Gasteiger partial charge in [0.05, 0.1) is 11.6 Å². The molecule has 0 heterocycles. The second kappa shape index (κ2) is 6.89. The van der Waals surface area contributed by atoms with Crippen molar-refractivity contribution in [1.29, 1.82) is 0 Å². The number of hydrogen-bond donors (Lipinski definition) is 3. The van der Waals surface area contributed by atoms with Crippen LogP contribution in [0.25, 0.3) is 0 Å². The van der Waals surface area contributed by atoms with Crippen molar-refractivity contribution in [2.45, 2.75) is 31.6 Å². The van der Waals surface area contributed by atoms with E-state index in [1.807, 2.05) is 30.3 Å². The van der Waals surface area contributed by atoms with Gasteiger partial charge in [-0.05, 0) is 37.1 Å². The predicted molar refractivity (Wildman–Crippen MR) is 85.1 cm³/mol. The maximum absolute atomic E-state index is 13.1. The maximum atomic E-state index is 13.1. The van der Waals surface area contributed by atoms with E-state index in [1.54, 1.807) is 12.1 Å². The molecule has 4 nitrogen and oxygen atoms in total. The number of aliphatic hydroxyl groups excluding tert-OH is 1. The molecule has 0 fully saturated rings. The highest BCUT2D eigenvalue weighted by Crippen LogP contribution is 2.23. The molecular formula is C18H20FNO3. The third kappa shape index (κ3) is 4.37. The number of benzene rings is 2. The van der Waals surface area contributed by atoms with Gasteiger partial charge in [-0.3, -0.25) is 4.79 Å². The normalized spacial score (nSPS) is 14.1. The smallest absolute Gasteiger partial charge is 0.252 e. The van der Waals surface area contributed by atoms with Crippen molar-refractivity contribution in [3.8, 4) is 0 Å². The van der Waals surface area contributed by atoms with Gasteiger partial charge in [0.15, 0.2) is 6.10 Å². The lowest BCUT2D eigenvalue weighted by Crippen LogP contribution is -2.48. The number of nitrogens with one attached hydrogen (secondary N) is 1. The fraction of sp³-hybridized carbons (Fsp3) is 0.278. The third-order valence-electron chi connectivity index (χ3n) is 3.54. The Morgan fingerprint density at radius 2 is 1.57 bits per heavy atom. The van der Waals surface area contributed by atoms with Gasteiger partial charge in [0.2, 0.25) is 0 Å². The minimum atomic E-state index is -1.57. The summed E-state index contributed by atoms with van der Waals surface area (Å²) in [4.78, 5) is 12.2. The van der Waals surface area contributed by atoms with E-state index in [-0.39, 0.29) is 5.82 Å². The van der Waals surface area contributed by atoms with Crippen molar-refractivity contribution < 1.29 is 19.4 Å². The standard InChI is InChI=1S/C18H20FNO3/c1-18(2,23)16(21)17(22)20-15(12-6-4-3-5-7-12)13-8-10-14(19)11-9-13/h3-11,15-16,21,23H,1-2H3,(H,20,22). The Hall–Kier alpha value is -2.24. The molecule has 0 aliphatic heterocycles. The Kier molecular flexibility index (Phi) is 5.13. The zero-order valence-electron chi connectivity index (χ0n) is 13.0. The van der Waals surface area contributed by atoms with Gasteiger partial charge in [0, 0.05) is 0 Å². The number of rotatable bonds is 5. The topological polar surface area (TPSA) is 69.6 Å². The number of amides is 1. The highest BCUT2D eigenvalue weighted by molar-refractivity contribution is 5.82. The summed E-state index contributed by atoms with van der Waals surface area (Å²) in [6, 6.07) is 14.4. The SMILES string of the molecule is CC(C)(O)C(O)C(=O)NC(c1ccccc1)c1ccc(F)cc1. The molecule has 0 saturated heterocycles. The minimum absolute atomic E-state index is 0.372. The summed E-state index contributed by atoms with van der Waals surface area (Å²) in [6.45, 7) is 2.71. The molecule has 122 valence electrons. The van der Waals surface area contributed by atoms with E-state index in [2.05, 4.69) is 5.32 Å². The fourth-order valence-corrected chi connectivity index (χ4v) is 2.20. The Morgan fingerprint density at radius 1 is 1.04 bits per heavy atom. The molecule has 23 heavy (non-hydrogen) atoms. The summed E-state index contributed by atoms with van der Waals surface area (Å²) in [5.74, 6) is -1.07. The predicted octanol–water partition coefficient (Wildman–Crippen LogP) is 2.16. The van der Waals surface area contributed by atoms with Gasteiger partial charge in [-0.2, -0.15) is 0 Å². The van der Waals surface area contributed by atoms with Crippen LogP contribution in [0.3, 0.4) is 0 Å². The van der Waals surface area contributed by atoms with Crippen molar-refractivity contribution in [3.63, 3.8) is 0 Å². The molecule has 2 aromatic carbocycles. The van der Waals surface area contributed by atoms with E-state index in [0.29, 0.717) is 5.56 Å². The number of carbonyl (C=O) groups is 1. The van der Waals surface area contributed by atoms with Crippen LogP contribution in [0.4, 0.5) is 4.39 Å². The van der Waals surface area contributed by atoms with Gasteiger partial charge in [-0.15, -0.1) is 0 Å². The van der Waals surface area contributed by atoms with Crippen molar-refractivity contribution in [1.82, 2.24) is 5.32 Å². The van der Waals surface area contributed by atoms with Crippen LogP contribution < -0.4 is 5.32 Å². The van der Waals surface area contributed by atoms with Crippen LogP contribution in [-0.2, 0) is 4.79 Å². The lowest BCUT2D eigenvalue weighted by Gasteiger charge is -2.27. The largest absolute Gasteiger partial charge is 0.387 e. The minimum Gasteiger partial charge on any atom is -0.387 e. The van der Waals surface area contributed by atoms with Gasteiger partial charge in [0.25, 0.3) is 5.91 Å². The van der Waals surface area contributed by atoms with Crippen LogP contribution in [0.1, 0.15) is 31.0 Å². The number of hydrogen-bond acceptors (Lipinski definition) is 3. The van der Waals surface area contributed by atoms with E-state index in [9.17, 15) is 19.4 Å². The molecule has 2 atom stereocenters. The molecule has 0 bridgehead atoms. The summed E-state index contributed by atoms with van der Waals surface area (Å²) >= 11 is 0. The molecule has 0 aliphatic rings. The summed E-state index contributed by atoms with van der Waals surface area (Å²) in [6.07, 6.45) is -1.57. The molecule has 2 unspecified atom stereocenters. The van der Waals surface area contributed by atoms with Crippen LogP contribution in [0.2, 0.25) is 0 Å². The molecule has 0 radical (unpaired) electrons. The first-order valence-electron chi connectivity index (χ1n) is 7.30. The van der Waals surface area contributed by atoms with E-state index in [0.717, 1.165) is 5.56 Å². The number of carbonyl (C=O) groups excluding carboxylic acids is 1. The van der Waals surface area contributed by atoms with Gasteiger partial charge >= 0.3 is 0 Å². The second-order valence-corrected chi connectivity index (χ2v) is 5.96. The Labute approximate surface area is 134 Å². The van der Waals surface area contributed by atoms with E-state index >= 15 is 0 Å². The summed E-state index contributed by atoms with van der Waals surface area (Å²) in [5.41, 5.74) is -0.0991. The Bertz CT molecular complexity index is 650. The average Bonchev–Trinajstić information content (AvgIpc) is 2.52. The Balaban J connectivity index is 2.31. The van der Waals surface area contributed by atoms with Crippen molar-refractivity contribution in [3.05, 3.63) is 71.5 Å². The lowest BCUT2D eigenvalue weighted by molar-refractivity contribution is -0.142. The zero-order chi connectivity index (χ0) is 17.0.